The first-order chi connectivity index (χ1) is 6.06. The topological polar surface area (TPSA) is 20.2 Å². The number of rotatable bonds is 2. The summed E-state index contributed by atoms with van der Waals surface area (Å²) in [5.74, 6) is -1.08. The molecular weight excluding hydrogens is 242 g/mol. The molecule has 0 fully saturated rings. The van der Waals surface area contributed by atoms with Gasteiger partial charge in [-0.25, -0.2) is 8.78 Å². The molecule has 13 heavy (non-hydrogen) atoms. The standard InChI is InChI=1S/C9H9BrF2O/c1-5-2-8(12)6(3-7(5)11)9(13)4-10/h2-3,9,13H,4H2,1H3/t9-/m0/s1. The number of hydrogen-bond donors (Lipinski definition) is 1. The minimum absolute atomic E-state index is 0.0139. The third-order valence-corrected chi connectivity index (χ3v) is 2.40. The lowest BCUT2D eigenvalue weighted by Crippen LogP contribution is -2.03. The lowest BCUT2D eigenvalue weighted by molar-refractivity contribution is 0.199. The Hall–Kier alpha value is -0.480. The molecular formula is C9H9BrF2O. The summed E-state index contributed by atoms with van der Waals surface area (Å²) in [5, 5.41) is 9.46. The normalized spacial score (nSPS) is 13.0. The van der Waals surface area contributed by atoms with Gasteiger partial charge < -0.3 is 5.11 Å². The van der Waals surface area contributed by atoms with Crippen LogP contribution in [0, 0.1) is 18.6 Å². The average molecular weight is 251 g/mol. The van der Waals surface area contributed by atoms with Crippen LogP contribution in [0.3, 0.4) is 0 Å². The zero-order valence-electron chi connectivity index (χ0n) is 7.02. The molecule has 0 aliphatic carbocycles. The Morgan fingerprint density at radius 1 is 1.38 bits per heavy atom. The van der Waals surface area contributed by atoms with Gasteiger partial charge >= 0.3 is 0 Å². The van der Waals surface area contributed by atoms with Gasteiger partial charge in [0.25, 0.3) is 0 Å². The summed E-state index contributed by atoms with van der Waals surface area (Å²) in [6.07, 6.45) is -1.00. The molecule has 1 rings (SSSR count). The predicted octanol–water partition coefficient (Wildman–Crippen LogP) is 2.70. The summed E-state index contributed by atoms with van der Waals surface area (Å²) in [4.78, 5) is 0. The van der Waals surface area contributed by atoms with Crippen LogP contribution in [0.4, 0.5) is 8.78 Å². The first-order valence-corrected chi connectivity index (χ1v) is 4.88. The van der Waals surface area contributed by atoms with Gasteiger partial charge in [-0.3, -0.25) is 0 Å². The van der Waals surface area contributed by atoms with Crippen LogP contribution in [0.5, 0.6) is 0 Å². The zero-order chi connectivity index (χ0) is 10.0. The van der Waals surface area contributed by atoms with Crippen molar-refractivity contribution in [1.82, 2.24) is 0 Å². The van der Waals surface area contributed by atoms with E-state index in [2.05, 4.69) is 15.9 Å². The molecule has 1 nitrogen and oxygen atoms in total. The maximum atomic E-state index is 13.1. The lowest BCUT2D eigenvalue weighted by atomic mass is 10.1. The first-order valence-electron chi connectivity index (χ1n) is 3.76. The molecule has 0 spiro atoms. The Balaban J connectivity index is 3.15. The fraction of sp³-hybridized carbons (Fsp3) is 0.333. The number of aliphatic hydroxyl groups is 1. The molecule has 0 radical (unpaired) electrons. The summed E-state index contributed by atoms with van der Waals surface area (Å²) in [5.41, 5.74) is 0.225. The molecule has 0 saturated carbocycles. The minimum Gasteiger partial charge on any atom is -0.387 e. The second-order valence-electron chi connectivity index (χ2n) is 2.79. The van der Waals surface area contributed by atoms with Crippen molar-refractivity contribution in [2.24, 2.45) is 0 Å². The van der Waals surface area contributed by atoms with Crippen LogP contribution in [0.2, 0.25) is 0 Å². The molecule has 1 atom stereocenters. The molecule has 0 aliphatic rings. The highest BCUT2D eigenvalue weighted by atomic mass is 79.9. The number of aliphatic hydroxyl groups excluding tert-OH is 1. The summed E-state index contributed by atoms with van der Waals surface area (Å²) < 4.78 is 26.1. The first kappa shape index (κ1) is 10.6. The van der Waals surface area contributed by atoms with Crippen LogP contribution in [0.15, 0.2) is 12.1 Å². The smallest absolute Gasteiger partial charge is 0.129 e. The van der Waals surface area contributed by atoms with E-state index < -0.39 is 17.7 Å². The van der Waals surface area contributed by atoms with Crippen molar-refractivity contribution in [3.63, 3.8) is 0 Å². The predicted molar refractivity (Wildman–Crippen MR) is 49.8 cm³/mol. The highest BCUT2D eigenvalue weighted by Gasteiger charge is 2.13. The highest BCUT2D eigenvalue weighted by Crippen LogP contribution is 2.21. The van der Waals surface area contributed by atoms with E-state index in [1.54, 1.807) is 0 Å². The number of benzene rings is 1. The molecule has 0 aliphatic heterocycles. The largest absolute Gasteiger partial charge is 0.387 e. The molecule has 0 saturated heterocycles. The molecule has 0 bridgehead atoms. The van der Waals surface area contributed by atoms with Gasteiger partial charge in [-0.2, -0.15) is 0 Å². The third kappa shape index (κ3) is 2.25. The SMILES string of the molecule is Cc1cc(F)c([C@@H](O)CBr)cc1F. The van der Waals surface area contributed by atoms with Gasteiger partial charge in [0, 0.05) is 10.9 Å². The van der Waals surface area contributed by atoms with E-state index in [1.807, 2.05) is 0 Å². The molecule has 0 amide bonds. The Bertz CT molecular complexity index is 315. The molecule has 0 aromatic heterocycles. The third-order valence-electron chi connectivity index (χ3n) is 1.78. The number of halogens is 3. The van der Waals surface area contributed by atoms with Crippen LogP contribution >= 0.6 is 15.9 Å². The molecule has 72 valence electrons. The van der Waals surface area contributed by atoms with E-state index in [1.165, 1.54) is 6.92 Å². The van der Waals surface area contributed by atoms with Crippen molar-refractivity contribution in [1.29, 1.82) is 0 Å². The number of alkyl halides is 1. The van der Waals surface area contributed by atoms with E-state index in [0.29, 0.717) is 0 Å². The fourth-order valence-corrected chi connectivity index (χ4v) is 1.35. The van der Waals surface area contributed by atoms with E-state index in [-0.39, 0.29) is 16.5 Å². The van der Waals surface area contributed by atoms with Gasteiger partial charge in [-0.15, -0.1) is 0 Å². The average Bonchev–Trinajstić information content (AvgIpc) is 2.10. The molecule has 1 N–H and O–H groups in total. The highest BCUT2D eigenvalue weighted by molar-refractivity contribution is 9.09. The van der Waals surface area contributed by atoms with Crippen LogP contribution in [0.25, 0.3) is 0 Å². The van der Waals surface area contributed by atoms with E-state index in [0.717, 1.165) is 12.1 Å². The van der Waals surface area contributed by atoms with Gasteiger partial charge in [0.2, 0.25) is 0 Å². The Labute approximate surface area is 83.5 Å². The van der Waals surface area contributed by atoms with Crippen LogP contribution < -0.4 is 0 Å². The van der Waals surface area contributed by atoms with Crippen molar-refractivity contribution in [3.8, 4) is 0 Å². The minimum atomic E-state index is -1.00. The number of aryl methyl sites for hydroxylation is 1. The van der Waals surface area contributed by atoms with Gasteiger partial charge in [0.1, 0.15) is 11.6 Å². The Morgan fingerprint density at radius 3 is 2.54 bits per heavy atom. The van der Waals surface area contributed by atoms with Crippen molar-refractivity contribution in [2.75, 3.05) is 5.33 Å². The van der Waals surface area contributed by atoms with Crippen molar-refractivity contribution in [3.05, 3.63) is 34.9 Å². The number of hydrogen-bond acceptors (Lipinski definition) is 1. The van der Waals surface area contributed by atoms with Crippen LogP contribution in [-0.2, 0) is 0 Å². The zero-order valence-corrected chi connectivity index (χ0v) is 8.61. The van der Waals surface area contributed by atoms with Gasteiger partial charge in [-0.05, 0) is 24.6 Å². The van der Waals surface area contributed by atoms with E-state index in [4.69, 9.17) is 0 Å². The summed E-state index contributed by atoms with van der Waals surface area (Å²) >= 11 is 2.99. The van der Waals surface area contributed by atoms with Gasteiger partial charge in [-0.1, -0.05) is 15.9 Å². The second kappa shape index (κ2) is 4.15. The van der Waals surface area contributed by atoms with Crippen molar-refractivity contribution in [2.45, 2.75) is 13.0 Å². The van der Waals surface area contributed by atoms with E-state index in [9.17, 15) is 13.9 Å². The van der Waals surface area contributed by atoms with Crippen molar-refractivity contribution < 1.29 is 13.9 Å². The maximum absolute atomic E-state index is 13.1. The second-order valence-corrected chi connectivity index (χ2v) is 3.44. The van der Waals surface area contributed by atoms with Gasteiger partial charge in [0.15, 0.2) is 0 Å². The molecule has 0 heterocycles. The molecule has 1 aromatic rings. The molecule has 4 heteroatoms. The fourth-order valence-electron chi connectivity index (χ4n) is 1.00. The lowest BCUT2D eigenvalue weighted by Gasteiger charge is -2.09. The van der Waals surface area contributed by atoms with Crippen molar-refractivity contribution >= 4 is 15.9 Å². The molecule has 1 aromatic carbocycles. The quantitative estimate of drug-likeness (QED) is 0.801. The molecule has 0 unspecified atom stereocenters. The van der Waals surface area contributed by atoms with Crippen LogP contribution in [0.1, 0.15) is 17.2 Å². The van der Waals surface area contributed by atoms with Gasteiger partial charge in [0.05, 0.1) is 6.10 Å². The summed E-state index contributed by atoms with van der Waals surface area (Å²) in [7, 11) is 0. The maximum Gasteiger partial charge on any atom is 0.129 e. The Kier molecular flexibility index (Phi) is 3.39. The summed E-state index contributed by atoms with van der Waals surface area (Å²) in [6, 6.07) is 2.10. The van der Waals surface area contributed by atoms with Crippen LogP contribution in [-0.4, -0.2) is 10.4 Å². The summed E-state index contributed by atoms with van der Waals surface area (Å²) in [6.45, 7) is 1.47. The monoisotopic (exact) mass is 250 g/mol. The Morgan fingerprint density at radius 2 is 2.00 bits per heavy atom. The van der Waals surface area contributed by atoms with E-state index >= 15 is 0 Å².